The second-order valence-corrected chi connectivity index (χ2v) is 5.13. The van der Waals surface area contributed by atoms with E-state index in [1.54, 1.807) is 6.20 Å². The van der Waals surface area contributed by atoms with E-state index in [1.165, 1.54) is 0 Å². The van der Waals surface area contributed by atoms with E-state index in [-0.39, 0.29) is 5.75 Å². The zero-order valence-corrected chi connectivity index (χ0v) is 9.13. The molecule has 1 aromatic heterocycles. The molecule has 0 saturated heterocycles. The number of aryl methyl sites for hydroxylation is 3. The van der Waals surface area contributed by atoms with Gasteiger partial charge in [-0.05, 0) is 25.0 Å². The highest BCUT2D eigenvalue weighted by molar-refractivity contribution is 7.89. The largest absolute Gasteiger partial charge is 0.261 e. The Labute approximate surface area is 84.2 Å². The van der Waals surface area contributed by atoms with Crippen molar-refractivity contribution < 1.29 is 8.42 Å². The van der Waals surface area contributed by atoms with Crippen molar-refractivity contribution in [3.63, 3.8) is 0 Å². The molecule has 4 nitrogen and oxygen atoms in total. The Morgan fingerprint density at radius 3 is 2.57 bits per heavy atom. The lowest BCUT2D eigenvalue weighted by molar-refractivity contribution is 0.596. The lowest BCUT2D eigenvalue weighted by Gasteiger charge is -2.04. The fraction of sp³-hybridized carbons (Fsp3) is 0.444. The molecular weight excluding hydrogens is 200 g/mol. The molecule has 0 aliphatic carbocycles. The highest BCUT2D eigenvalue weighted by atomic mass is 32.2. The average molecular weight is 214 g/mol. The minimum absolute atomic E-state index is 0.0517. The molecule has 2 N–H and O–H groups in total. The minimum Gasteiger partial charge on any atom is -0.261 e. The molecule has 0 spiro atoms. The Kier molecular flexibility index (Phi) is 3.23. The summed E-state index contributed by atoms with van der Waals surface area (Å²) < 4.78 is 21.5. The maximum absolute atomic E-state index is 10.7. The number of nitrogens with zero attached hydrogens (tertiary/aromatic N) is 1. The summed E-state index contributed by atoms with van der Waals surface area (Å²) in [5, 5.41) is 4.91. The van der Waals surface area contributed by atoms with Crippen LogP contribution >= 0.6 is 0 Å². The van der Waals surface area contributed by atoms with E-state index in [1.807, 2.05) is 19.9 Å². The number of hydrogen-bond acceptors (Lipinski definition) is 3. The van der Waals surface area contributed by atoms with Crippen LogP contribution in [0.1, 0.15) is 16.8 Å². The van der Waals surface area contributed by atoms with Gasteiger partial charge in [-0.25, -0.2) is 13.6 Å². The molecule has 0 atom stereocenters. The molecule has 0 bridgehead atoms. The molecule has 0 aromatic carbocycles. The van der Waals surface area contributed by atoms with Crippen LogP contribution in [0.3, 0.4) is 0 Å². The number of sulfonamides is 1. The van der Waals surface area contributed by atoms with E-state index in [0.717, 1.165) is 16.8 Å². The highest BCUT2D eigenvalue weighted by Gasteiger charge is 2.06. The molecule has 0 radical (unpaired) electrons. The van der Waals surface area contributed by atoms with Crippen molar-refractivity contribution in [1.82, 2.24) is 4.98 Å². The molecule has 0 saturated carbocycles. The van der Waals surface area contributed by atoms with Gasteiger partial charge in [0.1, 0.15) is 0 Å². The van der Waals surface area contributed by atoms with Crippen molar-refractivity contribution in [2.45, 2.75) is 20.3 Å². The van der Waals surface area contributed by atoms with Gasteiger partial charge in [-0.2, -0.15) is 0 Å². The van der Waals surface area contributed by atoms with Crippen LogP contribution in [-0.2, 0) is 16.4 Å². The van der Waals surface area contributed by atoms with E-state index in [4.69, 9.17) is 5.14 Å². The molecule has 78 valence electrons. The van der Waals surface area contributed by atoms with Gasteiger partial charge in [-0.3, -0.25) is 4.98 Å². The maximum Gasteiger partial charge on any atom is 0.209 e. The molecule has 14 heavy (non-hydrogen) atoms. The second-order valence-electron chi connectivity index (χ2n) is 3.39. The Balaban J connectivity index is 2.78. The molecule has 0 unspecified atom stereocenters. The third-order valence-corrected chi connectivity index (χ3v) is 2.72. The molecule has 1 heterocycles. The predicted molar refractivity (Wildman–Crippen MR) is 55.4 cm³/mol. The summed E-state index contributed by atoms with van der Waals surface area (Å²) in [6.07, 6.45) is 2.11. The van der Waals surface area contributed by atoms with E-state index in [0.29, 0.717) is 6.42 Å². The molecule has 5 heteroatoms. The SMILES string of the molecule is Cc1cnc(CCS(N)(=O)=O)c(C)c1. The van der Waals surface area contributed by atoms with Gasteiger partial charge in [-0.1, -0.05) is 6.07 Å². The fourth-order valence-corrected chi connectivity index (χ4v) is 1.72. The van der Waals surface area contributed by atoms with Crippen molar-refractivity contribution in [2.75, 3.05) is 5.75 Å². The molecule has 1 rings (SSSR count). The normalized spacial score (nSPS) is 11.6. The third kappa shape index (κ3) is 3.43. The quantitative estimate of drug-likeness (QED) is 0.797. The van der Waals surface area contributed by atoms with Crippen molar-refractivity contribution in [1.29, 1.82) is 0 Å². The van der Waals surface area contributed by atoms with Crippen LogP contribution in [0.25, 0.3) is 0 Å². The van der Waals surface area contributed by atoms with Gasteiger partial charge >= 0.3 is 0 Å². The molecule has 1 aromatic rings. The van der Waals surface area contributed by atoms with Gasteiger partial charge in [0, 0.05) is 18.3 Å². The van der Waals surface area contributed by atoms with Crippen molar-refractivity contribution >= 4 is 10.0 Å². The van der Waals surface area contributed by atoms with Gasteiger partial charge in [0.25, 0.3) is 0 Å². The van der Waals surface area contributed by atoms with Crippen LogP contribution in [0, 0.1) is 13.8 Å². The van der Waals surface area contributed by atoms with Gasteiger partial charge < -0.3 is 0 Å². The van der Waals surface area contributed by atoms with Crippen molar-refractivity contribution in [3.8, 4) is 0 Å². The summed E-state index contributed by atoms with van der Waals surface area (Å²) in [4.78, 5) is 4.16. The van der Waals surface area contributed by atoms with Gasteiger partial charge in [-0.15, -0.1) is 0 Å². The van der Waals surface area contributed by atoms with E-state index >= 15 is 0 Å². The first-order chi connectivity index (χ1) is 6.38. The number of rotatable bonds is 3. The smallest absolute Gasteiger partial charge is 0.209 e. The number of primary sulfonamides is 1. The number of aromatic nitrogens is 1. The topological polar surface area (TPSA) is 73.0 Å². The summed E-state index contributed by atoms with van der Waals surface area (Å²) in [5.41, 5.74) is 2.88. The number of pyridine rings is 1. The molecular formula is C9H14N2O2S. The zero-order chi connectivity index (χ0) is 10.8. The van der Waals surface area contributed by atoms with Crippen LogP contribution in [0.4, 0.5) is 0 Å². The summed E-state index contributed by atoms with van der Waals surface area (Å²) in [6.45, 7) is 3.86. The third-order valence-electron chi connectivity index (χ3n) is 1.95. The maximum atomic E-state index is 10.7. The number of nitrogens with two attached hydrogens (primary N) is 1. The van der Waals surface area contributed by atoms with Crippen LogP contribution in [-0.4, -0.2) is 19.2 Å². The molecule has 0 amide bonds. The van der Waals surface area contributed by atoms with E-state index in [2.05, 4.69) is 4.98 Å². The molecule has 0 fully saturated rings. The van der Waals surface area contributed by atoms with Gasteiger partial charge in [0.15, 0.2) is 0 Å². The Hall–Kier alpha value is -0.940. The lowest BCUT2D eigenvalue weighted by atomic mass is 10.1. The van der Waals surface area contributed by atoms with Gasteiger partial charge in [0.05, 0.1) is 5.75 Å². The average Bonchev–Trinajstić information content (AvgIpc) is 2.00. The Bertz CT molecular complexity index is 426. The summed E-state index contributed by atoms with van der Waals surface area (Å²) in [5.74, 6) is -0.0517. The number of hydrogen-bond donors (Lipinski definition) is 1. The Morgan fingerprint density at radius 2 is 2.07 bits per heavy atom. The van der Waals surface area contributed by atoms with E-state index in [9.17, 15) is 8.42 Å². The zero-order valence-electron chi connectivity index (χ0n) is 8.32. The van der Waals surface area contributed by atoms with Crippen molar-refractivity contribution in [3.05, 3.63) is 29.1 Å². The van der Waals surface area contributed by atoms with E-state index < -0.39 is 10.0 Å². The second kappa shape index (κ2) is 4.06. The van der Waals surface area contributed by atoms with Crippen LogP contribution in [0.5, 0.6) is 0 Å². The molecule has 0 aliphatic heterocycles. The first-order valence-electron chi connectivity index (χ1n) is 4.31. The van der Waals surface area contributed by atoms with Crippen LogP contribution in [0.15, 0.2) is 12.3 Å². The summed E-state index contributed by atoms with van der Waals surface area (Å²) in [6, 6.07) is 1.98. The monoisotopic (exact) mass is 214 g/mol. The summed E-state index contributed by atoms with van der Waals surface area (Å²) in [7, 11) is -3.39. The van der Waals surface area contributed by atoms with Crippen LogP contribution < -0.4 is 5.14 Å². The Morgan fingerprint density at radius 1 is 1.43 bits per heavy atom. The first-order valence-corrected chi connectivity index (χ1v) is 6.02. The minimum atomic E-state index is -3.39. The van der Waals surface area contributed by atoms with Gasteiger partial charge in [0.2, 0.25) is 10.0 Å². The standard InChI is InChI=1S/C9H14N2O2S/c1-7-5-8(2)9(11-6-7)3-4-14(10,12)13/h5-6H,3-4H2,1-2H3,(H2,10,12,13). The predicted octanol–water partition coefficient (Wildman–Crippen LogP) is 0.529. The molecule has 0 aliphatic rings. The lowest BCUT2D eigenvalue weighted by Crippen LogP contribution is -2.18. The van der Waals surface area contributed by atoms with Crippen LogP contribution in [0.2, 0.25) is 0 Å². The highest BCUT2D eigenvalue weighted by Crippen LogP contribution is 2.07. The first kappa shape index (κ1) is 11.1. The summed E-state index contributed by atoms with van der Waals surface area (Å²) >= 11 is 0. The van der Waals surface area contributed by atoms with Crippen molar-refractivity contribution in [2.24, 2.45) is 5.14 Å². The fourth-order valence-electron chi connectivity index (χ4n) is 1.24.